The van der Waals surface area contributed by atoms with Crippen molar-refractivity contribution in [2.45, 2.75) is 13.8 Å². The second-order valence-electron chi connectivity index (χ2n) is 1.24. The average Bonchev–Trinajstić information content (AvgIpc) is 1.65. The van der Waals surface area contributed by atoms with E-state index in [-0.39, 0.29) is 5.12 Å². The number of hydrogen-bond donors (Lipinski definition) is 1. The summed E-state index contributed by atoms with van der Waals surface area (Å²) in [5.74, 6) is 4.84. The fourth-order valence-electron chi connectivity index (χ4n) is 0.234. The first-order valence-electron chi connectivity index (χ1n) is 2.09. The van der Waals surface area contributed by atoms with Crippen molar-refractivity contribution in [3.63, 3.8) is 0 Å². The van der Waals surface area contributed by atoms with Crippen LogP contribution in [0.15, 0.2) is 5.10 Å². The number of nitrogens with zero attached hydrogens (tertiary/aromatic N) is 1. The van der Waals surface area contributed by atoms with Gasteiger partial charge in [-0.05, 0) is 18.7 Å². The molecule has 0 rings (SSSR count). The van der Waals surface area contributed by atoms with Gasteiger partial charge in [-0.15, -0.1) is 0 Å². The van der Waals surface area contributed by atoms with Gasteiger partial charge in [0.05, 0.1) is 5.04 Å². The van der Waals surface area contributed by atoms with Crippen LogP contribution in [0.5, 0.6) is 0 Å². The fraction of sp³-hybridized carbons (Fsp3) is 0.500. The average molecular weight is 132 g/mol. The lowest BCUT2D eigenvalue weighted by atomic mass is 10.9. The summed E-state index contributed by atoms with van der Waals surface area (Å²) < 4.78 is 0. The zero-order valence-corrected chi connectivity index (χ0v) is 5.66. The monoisotopic (exact) mass is 132 g/mol. The van der Waals surface area contributed by atoms with Crippen LogP contribution in [-0.4, -0.2) is 10.2 Å². The van der Waals surface area contributed by atoms with Crippen LogP contribution in [-0.2, 0) is 4.79 Å². The SMILES string of the molecule is CC(=O)SC(C)=NN. The van der Waals surface area contributed by atoms with Crippen LogP contribution in [0.3, 0.4) is 0 Å². The van der Waals surface area contributed by atoms with Crippen LogP contribution in [0.25, 0.3) is 0 Å². The molecular weight excluding hydrogens is 124 g/mol. The highest BCUT2D eigenvalue weighted by atomic mass is 32.2. The zero-order chi connectivity index (χ0) is 6.57. The van der Waals surface area contributed by atoms with Gasteiger partial charge in [-0.3, -0.25) is 4.79 Å². The lowest BCUT2D eigenvalue weighted by Gasteiger charge is -1.88. The Kier molecular flexibility index (Phi) is 3.26. The maximum atomic E-state index is 10.2. The predicted octanol–water partition coefficient (Wildman–Crippen LogP) is 0.558. The number of thioether (sulfide) groups is 1. The molecule has 0 unspecified atom stereocenters. The molecule has 0 aromatic rings. The van der Waals surface area contributed by atoms with Crippen LogP contribution in [0.4, 0.5) is 0 Å². The first-order valence-corrected chi connectivity index (χ1v) is 2.91. The maximum absolute atomic E-state index is 10.2. The standard InChI is InChI=1S/C4H8N2OS/c1-3(6-5)8-4(2)7/h5H2,1-2H3. The van der Waals surface area contributed by atoms with E-state index < -0.39 is 0 Å². The normalized spacial score (nSPS) is 11.5. The molecule has 4 heteroatoms. The molecule has 0 radical (unpaired) electrons. The van der Waals surface area contributed by atoms with Crippen LogP contribution >= 0.6 is 11.8 Å². The van der Waals surface area contributed by atoms with Crippen molar-refractivity contribution < 1.29 is 4.79 Å². The third-order valence-electron chi connectivity index (χ3n) is 0.473. The molecule has 0 atom stereocenters. The minimum absolute atomic E-state index is 0.0108. The van der Waals surface area contributed by atoms with Gasteiger partial charge in [0.15, 0.2) is 5.12 Å². The molecule has 0 heterocycles. The van der Waals surface area contributed by atoms with Crippen LogP contribution < -0.4 is 5.84 Å². The largest absolute Gasteiger partial charge is 0.323 e. The van der Waals surface area contributed by atoms with Gasteiger partial charge < -0.3 is 5.84 Å². The van der Waals surface area contributed by atoms with E-state index in [2.05, 4.69) is 5.10 Å². The van der Waals surface area contributed by atoms with Crippen molar-refractivity contribution in [1.82, 2.24) is 0 Å². The Bertz CT molecular complexity index is 121. The Morgan fingerprint density at radius 3 is 2.25 bits per heavy atom. The van der Waals surface area contributed by atoms with E-state index in [1.807, 2.05) is 0 Å². The molecule has 0 saturated heterocycles. The van der Waals surface area contributed by atoms with E-state index in [0.29, 0.717) is 5.04 Å². The topological polar surface area (TPSA) is 55.5 Å². The number of carbonyl (C=O) groups excluding carboxylic acids is 1. The Balaban J connectivity index is 3.56. The second kappa shape index (κ2) is 3.49. The van der Waals surface area contributed by atoms with Gasteiger partial charge in [0.1, 0.15) is 0 Å². The molecule has 0 fully saturated rings. The Morgan fingerprint density at radius 1 is 1.62 bits per heavy atom. The number of hydrogen-bond acceptors (Lipinski definition) is 4. The van der Waals surface area contributed by atoms with Crippen molar-refractivity contribution >= 4 is 21.9 Å². The fourth-order valence-corrected chi connectivity index (χ4v) is 0.703. The summed E-state index contributed by atoms with van der Waals surface area (Å²) in [4.78, 5) is 10.2. The molecule has 0 aliphatic carbocycles. The highest BCUT2D eigenvalue weighted by Crippen LogP contribution is 2.01. The summed E-state index contributed by atoms with van der Waals surface area (Å²) >= 11 is 1.04. The zero-order valence-electron chi connectivity index (χ0n) is 4.84. The first-order chi connectivity index (χ1) is 3.66. The van der Waals surface area contributed by atoms with Gasteiger partial charge >= 0.3 is 0 Å². The summed E-state index contributed by atoms with van der Waals surface area (Å²) in [5.41, 5.74) is 0. The number of nitrogens with two attached hydrogens (primary N) is 1. The highest BCUT2D eigenvalue weighted by Gasteiger charge is 1.94. The molecule has 0 aliphatic rings. The van der Waals surface area contributed by atoms with Crippen LogP contribution in [0.1, 0.15) is 13.8 Å². The molecule has 0 spiro atoms. The minimum Gasteiger partial charge on any atom is -0.323 e. The number of rotatable bonds is 0. The quantitative estimate of drug-likeness (QED) is 0.227. The number of carbonyl (C=O) groups is 1. The molecule has 0 amide bonds. The molecule has 0 aliphatic heterocycles. The third kappa shape index (κ3) is 3.67. The van der Waals surface area contributed by atoms with Crippen molar-refractivity contribution in [2.24, 2.45) is 10.9 Å². The van der Waals surface area contributed by atoms with E-state index in [1.54, 1.807) is 6.92 Å². The van der Waals surface area contributed by atoms with Crippen LogP contribution in [0.2, 0.25) is 0 Å². The highest BCUT2D eigenvalue weighted by molar-refractivity contribution is 8.26. The lowest BCUT2D eigenvalue weighted by molar-refractivity contribution is -0.109. The van der Waals surface area contributed by atoms with Gasteiger partial charge in [-0.2, -0.15) is 5.10 Å². The predicted molar refractivity (Wildman–Crippen MR) is 35.6 cm³/mol. The molecule has 8 heavy (non-hydrogen) atoms. The summed E-state index contributed by atoms with van der Waals surface area (Å²) in [6.07, 6.45) is 0. The number of hydrazone groups is 1. The van der Waals surface area contributed by atoms with Gasteiger partial charge in [-0.25, -0.2) is 0 Å². The smallest absolute Gasteiger partial charge is 0.191 e. The van der Waals surface area contributed by atoms with Gasteiger partial charge in [-0.1, -0.05) is 0 Å². The van der Waals surface area contributed by atoms with Crippen molar-refractivity contribution in [2.75, 3.05) is 0 Å². The minimum atomic E-state index is 0.0108. The van der Waals surface area contributed by atoms with E-state index in [0.717, 1.165) is 11.8 Å². The molecule has 3 nitrogen and oxygen atoms in total. The summed E-state index contributed by atoms with van der Waals surface area (Å²) in [5, 5.41) is 3.89. The molecule has 0 bridgehead atoms. The van der Waals surface area contributed by atoms with Crippen molar-refractivity contribution in [1.29, 1.82) is 0 Å². The van der Waals surface area contributed by atoms with Gasteiger partial charge in [0.25, 0.3) is 0 Å². The molecule has 0 saturated carbocycles. The summed E-state index contributed by atoms with van der Waals surface area (Å²) in [6.45, 7) is 3.16. The van der Waals surface area contributed by atoms with E-state index >= 15 is 0 Å². The molecule has 0 aromatic carbocycles. The van der Waals surface area contributed by atoms with E-state index in [4.69, 9.17) is 5.84 Å². The molecular formula is C4H8N2OS. The van der Waals surface area contributed by atoms with Gasteiger partial charge in [0, 0.05) is 6.92 Å². The van der Waals surface area contributed by atoms with Gasteiger partial charge in [0.2, 0.25) is 0 Å². The molecule has 46 valence electrons. The Labute approximate surface area is 52.3 Å². The Hall–Kier alpha value is -0.510. The second-order valence-corrected chi connectivity index (χ2v) is 2.61. The van der Waals surface area contributed by atoms with E-state index in [1.165, 1.54) is 6.92 Å². The summed E-state index contributed by atoms with van der Waals surface area (Å²) in [6, 6.07) is 0. The maximum Gasteiger partial charge on any atom is 0.191 e. The Morgan fingerprint density at radius 2 is 2.12 bits per heavy atom. The molecule has 0 aromatic heterocycles. The van der Waals surface area contributed by atoms with E-state index in [9.17, 15) is 4.79 Å². The third-order valence-corrected chi connectivity index (χ3v) is 1.16. The van der Waals surface area contributed by atoms with Crippen molar-refractivity contribution in [3.8, 4) is 0 Å². The molecule has 2 N–H and O–H groups in total. The van der Waals surface area contributed by atoms with Crippen LogP contribution in [0, 0.1) is 0 Å². The van der Waals surface area contributed by atoms with Crippen molar-refractivity contribution in [3.05, 3.63) is 0 Å². The first kappa shape index (κ1) is 7.49. The summed E-state index contributed by atoms with van der Waals surface area (Å²) in [7, 11) is 0. The lowest BCUT2D eigenvalue weighted by Crippen LogP contribution is -1.93.